The van der Waals surface area contributed by atoms with Gasteiger partial charge in [-0.2, -0.15) is 0 Å². The molecule has 7 atom stereocenters. The first-order chi connectivity index (χ1) is 9.10. The van der Waals surface area contributed by atoms with Crippen molar-refractivity contribution in [2.45, 2.75) is 63.5 Å². The van der Waals surface area contributed by atoms with Crippen molar-refractivity contribution in [1.82, 2.24) is 0 Å². The lowest BCUT2D eigenvalue weighted by atomic mass is 9.72. The summed E-state index contributed by atoms with van der Waals surface area (Å²) in [6, 6.07) is 1.06. The fourth-order valence-corrected chi connectivity index (χ4v) is 11.1. The Morgan fingerprint density at radius 3 is 2.26 bits per heavy atom. The van der Waals surface area contributed by atoms with Crippen LogP contribution < -0.4 is 0 Å². The molecule has 0 heterocycles. The molecule has 0 aromatic rings. The molecule has 4 saturated carbocycles. The number of hydrogen-bond donors (Lipinski definition) is 0. The van der Waals surface area contributed by atoms with Gasteiger partial charge in [0.25, 0.3) is 6.69 Å². The molecular formula is C16H26Cl2Si. The van der Waals surface area contributed by atoms with Crippen LogP contribution in [-0.4, -0.2) is 6.69 Å². The third-order valence-electron chi connectivity index (χ3n) is 7.23. The molecule has 108 valence electrons. The molecule has 0 N–H and O–H groups in total. The van der Waals surface area contributed by atoms with Crippen molar-refractivity contribution in [1.29, 1.82) is 0 Å². The van der Waals surface area contributed by atoms with E-state index in [0.29, 0.717) is 0 Å². The van der Waals surface area contributed by atoms with Gasteiger partial charge in [-0.05, 0) is 79.2 Å². The van der Waals surface area contributed by atoms with Crippen molar-refractivity contribution in [3.63, 3.8) is 0 Å². The van der Waals surface area contributed by atoms with Crippen LogP contribution in [0.5, 0.6) is 0 Å². The van der Waals surface area contributed by atoms with Gasteiger partial charge < -0.3 is 0 Å². The Bertz CT molecular complexity index is 370. The van der Waals surface area contributed by atoms with Crippen molar-refractivity contribution in [3.8, 4) is 0 Å². The Kier molecular flexibility index (Phi) is 3.29. The summed E-state index contributed by atoms with van der Waals surface area (Å²) in [4.78, 5) is 0. The van der Waals surface area contributed by atoms with Crippen LogP contribution in [0.15, 0.2) is 0 Å². The van der Waals surface area contributed by atoms with E-state index >= 15 is 0 Å². The Morgan fingerprint density at radius 2 is 1.63 bits per heavy atom. The topological polar surface area (TPSA) is 0 Å². The maximum absolute atomic E-state index is 6.90. The summed E-state index contributed by atoms with van der Waals surface area (Å²) in [5.41, 5.74) is 0.740. The predicted octanol–water partition coefficient (Wildman–Crippen LogP) is 5.78. The van der Waals surface area contributed by atoms with E-state index in [2.05, 4.69) is 6.92 Å². The van der Waals surface area contributed by atoms with Crippen molar-refractivity contribution in [3.05, 3.63) is 0 Å². The SMILES string of the molecule is CC[Si](Cl)(Cl)C1C2CCC(C2)C1C1CC2CCC1C2. The van der Waals surface area contributed by atoms with E-state index in [0.717, 1.165) is 47.1 Å². The van der Waals surface area contributed by atoms with Crippen LogP contribution in [-0.2, 0) is 0 Å². The van der Waals surface area contributed by atoms with Crippen LogP contribution in [0.2, 0.25) is 11.6 Å². The lowest BCUT2D eigenvalue weighted by molar-refractivity contribution is 0.162. The molecule has 0 aliphatic heterocycles. The average Bonchev–Trinajstić information content (AvgIpc) is 3.16. The van der Waals surface area contributed by atoms with Gasteiger partial charge in [-0.1, -0.05) is 19.8 Å². The fraction of sp³-hybridized carbons (Fsp3) is 1.00. The van der Waals surface area contributed by atoms with Crippen LogP contribution in [0.4, 0.5) is 0 Å². The highest BCUT2D eigenvalue weighted by molar-refractivity contribution is 7.46. The van der Waals surface area contributed by atoms with E-state index in [1.807, 2.05) is 0 Å². The molecule has 0 aromatic heterocycles. The third kappa shape index (κ3) is 1.98. The first kappa shape index (κ1) is 13.5. The van der Waals surface area contributed by atoms with Crippen molar-refractivity contribution < 1.29 is 0 Å². The number of halogens is 2. The van der Waals surface area contributed by atoms with Gasteiger partial charge in [-0.15, -0.1) is 22.2 Å². The van der Waals surface area contributed by atoms with E-state index in [-0.39, 0.29) is 0 Å². The molecule has 4 fully saturated rings. The minimum Gasteiger partial charge on any atom is -0.146 e. The van der Waals surface area contributed by atoms with Gasteiger partial charge in [0.05, 0.1) is 0 Å². The minimum absolute atomic E-state index is 0.740. The van der Waals surface area contributed by atoms with E-state index in [4.69, 9.17) is 22.2 Å². The molecular weight excluding hydrogens is 291 g/mol. The molecule has 4 bridgehead atoms. The molecule has 0 amide bonds. The lowest BCUT2D eigenvalue weighted by Gasteiger charge is -2.42. The zero-order valence-electron chi connectivity index (χ0n) is 12.0. The van der Waals surface area contributed by atoms with Gasteiger partial charge in [0.2, 0.25) is 0 Å². The Labute approximate surface area is 128 Å². The van der Waals surface area contributed by atoms with Crippen LogP contribution in [0.3, 0.4) is 0 Å². The fourth-order valence-electron chi connectivity index (χ4n) is 6.58. The molecule has 0 aromatic carbocycles. The average molecular weight is 317 g/mol. The van der Waals surface area contributed by atoms with Gasteiger partial charge in [-0.3, -0.25) is 0 Å². The first-order valence-corrected chi connectivity index (χ1v) is 12.8. The quantitative estimate of drug-likeness (QED) is 0.457. The molecule has 0 saturated heterocycles. The lowest BCUT2D eigenvalue weighted by Crippen LogP contribution is -2.40. The first-order valence-electron chi connectivity index (χ1n) is 8.48. The molecule has 7 unspecified atom stereocenters. The largest absolute Gasteiger partial charge is 0.254 e. The van der Waals surface area contributed by atoms with Gasteiger partial charge in [0.1, 0.15) is 0 Å². The number of fused-ring (bicyclic) bond motifs is 4. The maximum atomic E-state index is 6.90. The van der Waals surface area contributed by atoms with E-state index in [9.17, 15) is 0 Å². The maximum Gasteiger partial charge on any atom is 0.254 e. The van der Waals surface area contributed by atoms with E-state index in [1.165, 1.54) is 44.9 Å². The van der Waals surface area contributed by atoms with E-state index in [1.54, 1.807) is 0 Å². The smallest absolute Gasteiger partial charge is 0.146 e. The van der Waals surface area contributed by atoms with Crippen molar-refractivity contribution in [2.75, 3.05) is 0 Å². The molecule has 19 heavy (non-hydrogen) atoms. The second-order valence-corrected chi connectivity index (χ2v) is 15.4. The highest BCUT2D eigenvalue weighted by Crippen LogP contribution is 2.67. The summed E-state index contributed by atoms with van der Waals surface area (Å²) in [5, 5.41) is 0. The van der Waals surface area contributed by atoms with Gasteiger partial charge >= 0.3 is 0 Å². The summed E-state index contributed by atoms with van der Waals surface area (Å²) in [7, 11) is 0. The molecule has 4 aliphatic rings. The normalized spacial score (nSPS) is 52.3. The standard InChI is InChI=1S/C16H26Cl2Si/c1-2-19(17,18)16-13-6-5-12(9-13)15(16)14-8-10-3-4-11(14)7-10/h10-16H,2-9H2,1H3. The highest BCUT2D eigenvalue weighted by Gasteiger charge is 2.60. The Morgan fingerprint density at radius 1 is 0.895 bits per heavy atom. The van der Waals surface area contributed by atoms with Crippen LogP contribution in [0.1, 0.15) is 51.9 Å². The summed E-state index contributed by atoms with van der Waals surface area (Å²) in [6.07, 6.45) is 10.5. The molecule has 4 aliphatic carbocycles. The Balaban J connectivity index is 1.62. The van der Waals surface area contributed by atoms with Crippen molar-refractivity contribution in [2.24, 2.45) is 35.5 Å². The van der Waals surface area contributed by atoms with Crippen LogP contribution in [0.25, 0.3) is 0 Å². The van der Waals surface area contributed by atoms with Gasteiger partial charge in [0, 0.05) is 0 Å². The molecule has 0 spiro atoms. The number of hydrogen-bond acceptors (Lipinski definition) is 0. The zero-order valence-corrected chi connectivity index (χ0v) is 14.5. The molecule has 0 radical (unpaired) electrons. The summed E-state index contributed by atoms with van der Waals surface area (Å²) < 4.78 is 0. The minimum atomic E-state index is -2.01. The van der Waals surface area contributed by atoms with Gasteiger partial charge in [-0.25, -0.2) is 0 Å². The zero-order chi connectivity index (χ0) is 13.2. The van der Waals surface area contributed by atoms with Crippen LogP contribution >= 0.6 is 22.2 Å². The highest BCUT2D eigenvalue weighted by atomic mass is 35.7. The summed E-state index contributed by atoms with van der Waals surface area (Å²) in [6.45, 7) is 0.221. The van der Waals surface area contributed by atoms with Gasteiger partial charge in [0.15, 0.2) is 0 Å². The second-order valence-electron chi connectivity index (χ2n) is 7.89. The summed E-state index contributed by atoms with van der Waals surface area (Å²) >= 11 is 13.8. The van der Waals surface area contributed by atoms with Crippen LogP contribution in [0, 0.1) is 35.5 Å². The third-order valence-corrected chi connectivity index (χ3v) is 13.1. The van der Waals surface area contributed by atoms with Crippen molar-refractivity contribution >= 4 is 28.9 Å². The predicted molar refractivity (Wildman–Crippen MR) is 85.0 cm³/mol. The van der Waals surface area contributed by atoms with E-state index < -0.39 is 6.69 Å². The Hall–Kier alpha value is 0.797. The summed E-state index contributed by atoms with van der Waals surface area (Å²) in [5.74, 6) is 5.95. The molecule has 4 rings (SSSR count). The monoisotopic (exact) mass is 316 g/mol. The number of rotatable bonds is 3. The second kappa shape index (κ2) is 4.65. The molecule has 3 heteroatoms. The molecule has 0 nitrogen and oxygen atoms in total.